The number of hydrogen-bond donors (Lipinski definition) is 0. The number of nitrogens with zero attached hydrogens (tertiary/aromatic N) is 2. The Kier molecular flexibility index (Phi) is 3.94. The molecular formula is C14H16N2O3. The highest BCUT2D eigenvalue weighted by atomic mass is 16.5. The lowest BCUT2D eigenvalue weighted by molar-refractivity contribution is 0.0497. The molecule has 100 valence electrons. The van der Waals surface area contributed by atoms with Crippen molar-refractivity contribution in [2.75, 3.05) is 6.61 Å². The number of fused-ring (bicyclic) bond motifs is 1. The lowest BCUT2D eigenvalue weighted by Crippen LogP contribution is -2.25. The molecule has 0 N–H and O–H groups in total. The molecule has 0 atom stereocenters. The first-order chi connectivity index (χ1) is 9.15. The van der Waals surface area contributed by atoms with Gasteiger partial charge >= 0.3 is 5.97 Å². The summed E-state index contributed by atoms with van der Waals surface area (Å²) in [6, 6.07) is 5.33. The molecule has 0 aromatic carbocycles. The molecule has 0 saturated heterocycles. The number of unbranched alkanes of at least 4 members (excludes halogenated alkanes) is 1. The van der Waals surface area contributed by atoms with E-state index in [4.69, 9.17) is 4.74 Å². The van der Waals surface area contributed by atoms with Crippen LogP contribution < -0.4 is 5.56 Å². The topological polar surface area (TPSA) is 60.7 Å². The molecule has 0 bridgehead atoms. The number of ether oxygens (including phenoxy) is 1. The van der Waals surface area contributed by atoms with Gasteiger partial charge in [0.1, 0.15) is 11.2 Å². The van der Waals surface area contributed by atoms with Gasteiger partial charge in [-0.2, -0.15) is 0 Å². The number of rotatable bonds is 4. The maximum atomic E-state index is 12.2. The summed E-state index contributed by atoms with van der Waals surface area (Å²) in [6.45, 7) is 4.12. The van der Waals surface area contributed by atoms with Crippen LogP contribution in [0.1, 0.15) is 35.8 Å². The van der Waals surface area contributed by atoms with E-state index in [2.05, 4.69) is 4.98 Å². The Balaban J connectivity index is 2.40. The quantitative estimate of drug-likeness (QED) is 0.622. The van der Waals surface area contributed by atoms with Crippen LogP contribution in [-0.2, 0) is 4.74 Å². The average Bonchev–Trinajstić information content (AvgIpc) is 2.39. The van der Waals surface area contributed by atoms with Gasteiger partial charge in [0.15, 0.2) is 0 Å². The van der Waals surface area contributed by atoms with Crippen molar-refractivity contribution in [2.24, 2.45) is 0 Å². The first-order valence-electron chi connectivity index (χ1n) is 6.29. The molecule has 5 heteroatoms. The first kappa shape index (κ1) is 13.3. The van der Waals surface area contributed by atoms with Crippen molar-refractivity contribution >= 4 is 11.6 Å². The number of aromatic nitrogens is 2. The minimum atomic E-state index is -0.608. The third-order valence-corrected chi connectivity index (χ3v) is 2.87. The zero-order valence-corrected chi connectivity index (χ0v) is 11.0. The fourth-order valence-corrected chi connectivity index (χ4v) is 1.80. The Morgan fingerprint density at radius 3 is 2.95 bits per heavy atom. The normalized spacial score (nSPS) is 10.6. The molecule has 0 amide bonds. The Bertz CT molecular complexity index is 661. The summed E-state index contributed by atoms with van der Waals surface area (Å²) in [4.78, 5) is 28.2. The van der Waals surface area contributed by atoms with Crippen molar-refractivity contribution in [3.63, 3.8) is 0 Å². The fourth-order valence-electron chi connectivity index (χ4n) is 1.80. The molecule has 0 spiro atoms. The molecule has 2 heterocycles. The van der Waals surface area contributed by atoms with E-state index < -0.39 is 5.97 Å². The largest absolute Gasteiger partial charge is 0.462 e. The van der Waals surface area contributed by atoms with Gasteiger partial charge in [0.25, 0.3) is 5.56 Å². The van der Waals surface area contributed by atoms with Gasteiger partial charge in [0.05, 0.1) is 6.61 Å². The molecule has 19 heavy (non-hydrogen) atoms. The fraction of sp³-hybridized carbons (Fsp3) is 0.357. The van der Waals surface area contributed by atoms with E-state index in [0.717, 1.165) is 18.5 Å². The zero-order valence-electron chi connectivity index (χ0n) is 11.0. The highest BCUT2D eigenvalue weighted by Gasteiger charge is 2.15. The van der Waals surface area contributed by atoms with Gasteiger partial charge in [-0.3, -0.25) is 9.20 Å². The molecule has 2 aromatic rings. The van der Waals surface area contributed by atoms with Crippen LogP contribution in [0.4, 0.5) is 0 Å². The van der Waals surface area contributed by atoms with Crippen LogP contribution in [0.5, 0.6) is 0 Å². The second-order valence-electron chi connectivity index (χ2n) is 4.33. The molecular weight excluding hydrogens is 244 g/mol. The van der Waals surface area contributed by atoms with Gasteiger partial charge in [-0.15, -0.1) is 0 Å². The van der Waals surface area contributed by atoms with E-state index in [1.54, 1.807) is 19.1 Å². The molecule has 0 fully saturated rings. The van der Waals surface area contributed by atoms with Crippen molar-refractivity contribution in [1.82, 2.24) is 9.38 Å². The summed E-state index contributed by atoms with van der Waals surface area (Å²) in [5, 5.41) is 0. The number of aryl methyl sites for hydroxylation is 1. The maximum Gasteiger partial charge on any atom is 0.345 e. The third-order valence-electron chi connectivity index (χ3n) is 2.87. The van der Waals surface area contributed by atoms with E-state index in [1.165, 1.54) is 10.6 Å². The Morgan fingerprint density at radius 1 is 1.42 bits per heavy atom. The second kappa shape index (κ2) is 5.65. The number of esters is 1. The number of carbonyl (C=O) groups is 1. The van der Waals surface area contributed by atoms with Gasteiger partial charge in [0, 0.05) is 11.9 Å². The van der Waals surface area contributed by atoms with Crippen molar-refractivity contribution in [2.45, 2.75) is 26.7 Å². The average molecular weight is 260 g/mol. The lowest BCUT2D eigenvalue weighted by atomic mass is 10.3. The predicted octanol–water partition coefficient (Wildman–Crippen LogP) is 1.96. The number of carbonyl (C=O) groups excluding carboxylic acids is 1. The molecule has 0 saturated carbocycles. The summed E-state index contributed by atoms with van der Waals surface area (Å²) in [5.41, 5.74) is 0.848. The van der Waals surface area contributed by atoms with E-state index in [0.29, 0.717) is 12.3 Å². The highest BCUT2D eigenvalue weighted by Crippen LogP contribution is 2.03. The monoisotopic (exact) mass is 260 g/mol. The van der Waals surface area contributed by atoms with Crippen LogP contribution in [0.15, 0.2) is 29.2 Å². The summed E-state index contributed by atoms with van der Waals surface area (Å²) in [6.07, 6.45) is 3.00. The standard InChI is InChI=1S/C14H16N2O3/c1-3-4-8-19-14(18)11-9-15-12-7-5-6-10(2)16(12)13(11)17/h5-7,9H,3-4,8H2,1-2H3. The summed E-state index contributed by atoms with van der Waals surface area (Å²) in [7, 11) is 0. The smallest absolute Gasteiger partial charge is 0.345 e. The molecule has 0 aliphatic carbocycles. The van der Waals surface area contributed by atoms with Gasteiger partial charge in [-0.1, -0.05) is 19.4 Å². The zero-order chi connectivity index (χ0) is 13.8. The SMILES string of the molecule is CCCCOC(=O)c1cnc2cccc(C)n2c1=O. The maximum absolute atomic E-state index is 12.2. The van der Waals surface area contributed by atoms with Crippen LogP contribution in [0.2, 0.25) is 0 Å². The molecule has 0 unspecified atom stereocenters. The molecule has 2 aromatic heterocycles. The van der Waals surface area contributed by atoms with Crippen molar-refractivity contribution in [3.05, 3.63) is 46.0 Å². The van der Waals surface area contributed by atoms with Gasteiger partial charge in [-0.25, -0.2) is 9.78 Å². The molecule has 0 aliphatic heterocycles. The molecule has 5 nitrogen and oxygen atoms in total. The van der Waals surface area contributed by atoms with Crippen LogP contribution in [0, 0.1) is 6.92 Å². The lowest BCUT2D eigenvalue weighted by Gasteiger charge is -2.06. The second-order valence-corrected chi connectivity index (χ2v) is 4.33. The minimum Gasteiger partial charge on any atom is -0.462 e. The Hall–Kier alpha value is -2.17. The Morgan fingerprint density at radius 2 is 2.21 bits per heavy atom. The summed E-state index contributed by atoms with van der Waals surface area (Å²) >= 11 is 0. The van der Waals surface area contributed by atoms with Crippen molar-refractivity contribution < 1.29 is 9.53 Å². The Labute approximate surface area is 110 Å². The van der Waals surface area contributed by atoms with Gasteiger partial charge < -0.3 is 4.74 Å². The van der Waals surface area contributed by atoms with E-state index >= 15 is 0 Å². The van der Waals surface area contributed by atoms with Crippen LogP contribution in [-0.4, -0.2) is 22.0 Å². The third kappa shape index (κ3) is 2.65. The molecule has 0 aliphatic rings. The molecule has 2 rings (SSSR count). The van der Waals surface area contributed by atoms with Crippen LogP contribution in [0.25, 0.3) is 5.65 Å². The summed E-state index contributed by atoms with van der Waals surface area (Å²) < 4.78 is 6.46. The van der Waals surface area contributed by atoms with E-state index in [9.17, 15) is 9.59 Å². The van der Waals surface area contributed by atoms with Crippen LogP contribution >= 0.6 is 0 Å². The van der Waals surface area contributed by atoms with Crippen molar-refractivity contribution in [3.8, 4) is 0 Å². The van der Waals surface area contributed by atoms with E-state index in [1.807, 2.05) is 13.0 Å². The number of pyridine rings is 1. The summed E-state index contributed by atoms with van der Waals surface area (Å²) in [5.74, 6) is -0.608. The van der Waals surface area contributed by atoms with Gasteiger partial charge in [0.2, 0.25) is 0 Å². The van der Waals surface area contributed by atoms with E-state index in [-0.39, 0.29) is 11.1 Å². The predicted molar refractivity (Wildman–Crippen MR) is 71.4 cm³/mol. The highest BCUT2D eigenvalue weighted by molar-refractivity contribution is 5.88. The number of hydrogen-bond acceptors (Lipinski definition) is 4. The minimum absolute atomic E-state index is 0.0251. The van der Waals surface area contributed by atoms with Crippen molar-refractivity contribution in [1.29, 1.82) is 0 Å². The first-order valence-corrected chi connectivity index (χ1v) is 6.29. The van der Waals surface area contributed by atoms with Gasteiger partial charge in [-0.05, 0) is 25.5 Å². The molecule has 0 radical (unpaired) electrons. The van der Waals surface area contributed by atoms with Crippen LogP contribution in [0.3, 0.4) is 0 Å².